The normalized spacial score (nSPS) is 26.7. The molecular formula is C41H31ClF3N3O5. The van der Waals surface area contributed by atoms with Gasteiger partial charge in [-0.1, -0.05) is 96.0 Å². The van der Waals surface area contributed by atoms with Crippen molar-refractivity contribution in [2.75, 3.05) is 12.1 Å². The number of nitrogens with zero attached hydrogens (tertiary/aromatic N) is 3. The number of rotatable bonds is 5. The van der Waals surface area contributed by atoms with Gasteiger partial charge >= 0.3 is 6.18 Å². The highest BCUT2D eigenvalue weighted by atomic mass is 35.5. The number of aromatic nitrogens is 1. The third kappa shape index (κ3) is 5.23. The fraction of sp³-hybridized carbons (Fsp3) is 0.244. The lowest BCUT2D eigenvalue weighted by Crippen LogP contribution is -2.58. The number of phenolic OH excluding ortho intramolecular Hbond substituents is 1. The van der Waals surface area contributed by atoms with Crippen LogP contribution in [0.3, 0.4) is 0 Å². The molecule has 2 amide bonds. The van der Waals surface area contributed by atoms with Gasteiger partial charge in [-0.2, -0.15) is 18.2 Å². The van der Waals surface area contributed by atoms with Gasteiger partial charge in [-0.25, -0.2) is 4.98 Å². The Morgan fingerprint density at radius 2 is 1.58 bits per heavy atom. The molecule has 8 nitrogen and oxygen atoms in total. The first kappa shape index (κ1) is 34.5. The van der Waals surface area contributed by atoms with E-state index in [2.05, 4.69) is 4.98 Å². The average molecular weight is 738 g/mol. The molecule has 6 unspecified atom stereocenters. The van der Waals surface area contributed by atoms with Crippen LogP contribution in [0, 0.1) is 23.7 Å². The number of halogens is 4. The Hall–Kier alpha value is -5.55. The first-order valence-corrected chi connectivity index (χ1v) is 17.5. The van der Waals surface area contributed by atoms with Crippen LogP contribution in [0.15, 0.2) is 115 Å². The van der Waals surface area contributed by atoms with Crippen molar-refractivity contribution in [3.63, 3.8) is 0 Å². The van der Waals surface area contributed by atoms with Crippen LogP contribution in [0.25, 0.3) is 5.57 Å². The van der Waals surface area contributed by atoms with Crippen molar-refractivity contribution in [1.82, 2.24) is 9.99 Å². The number of phenols is 1. The summed E-state index contributed by atoms with van der Waals surface area (Å²) in [6.45, 7) is 0. The van der Waals surface area contributed by atoms with Crippen LogP contribution in [0.1, 0.15) is 41.1 Å². The van der Waals surface area contributed by atoms with Crippen LogP contribution >= 0.6 is 11.6 Å². The highest BCUT2D eigenvalue weighted by Crippen LogP contribution is 2.63. The summed E-state index contributed by atoms with van der Waals surface area (Å²) in [7, 11) is 1.26. The van der Waals surface area contributed by atoms with E-state index in [1.54, 1.807) is 60.7 Å². The second kappa shape index (κ2) is 12.5. The number of carbonyl (C=O) groups is 4. The summed E-state index contributed by atoms with van der Waals surface area (Å²) >= 11 is 6.30. The Bertz CT molecular complexity index is 2260. The van der Waals surface area contributed by atoms with Gasteiger partial charge < -0.3 is 5.11 Å². The number of fused-ring (bicyclic) bond motifs is 4. The molecule has 2 heterocycles. The number of Topliss-reactive ketones (excluding diaryl/α,β-unsaturated/α-hetero) is 1. The molecule has 0 spiro atoms. The molecule has 4 aromatic rings. The number of hydrazine groups is 1. The van der Waals surface area contributed by atoms with Crippen molar-refractivity contribution in [3.05, 3.63) is 142 Å². The molecule has 1 aliphatic heterocycles. The number of amides is 2. The quantitative estimate of drug-likeness (QED) is 0.169. The van der Waals surface area contributed by atoms with Crippen LogP contribution in [0.4, 0.5) is 19.0 Å². The number of anilines is 1. The van der Waals surface area contributed by atoms with E-state index in [0.717, 1.165) is 16.1 Å². The predicted molar refractivity (Wildman–Crippen MR) is 189 cm³/mol. The Morgan fingerprint density at radius 1 is 0.887 bits per heavy atom. The smallest absolute Gasteiger partial charge is 0.433 e. The van der Waals surface area contributed by atoms with Crippen LogP contribution in [-0.2, 0) is 30.8 Å². The molecule has 4 aliphatic rings. The Balaban J connectivity index is 1.30. The number of hydrogen-bond donors (Lipinski definition) is 1. The Kier molecular flexibility index (Phi) is 8.17. The Labute approximate surface area is 307 Å². The van der Waals surface area contributed by atoms with Crippen LogP contribution in [0.5, 0.6) is 5.75 Å². The third-order valence-electron chi connectivity index (χ3n) is 11.3. The van der Waals surface area contributed by atoms with E-state index in [4.69, 9.17) is 11.6 Å². The van der Waals surface area contributed by atoms with Crippen LogP contribution in [-0.4, -0.2) is 45.5 Å². The molecule has 1 saturated carbocycles. The van der Waals surface area contributed by atoms with Gasteiger partial charge in [0, 0.05) is 24.5 Å². The molecule has 268 valence electrons. The molecule has 1 aromatic heterocycles. The zero-order valence-corrected chi connectivity index (χ0v) is 28.9. The monoisotopic (exact) mass is 737 g/mol. The lowest BCUT2D eigenvalue weighted by molar-refractivity contribution is -0.141. The molecule has 0 bridgehead atoms. The molecule has 8 rings (SSSR count). The maximum Gasteiger partial charge on any atom is 0.433 e. The Morgan fingerprint density at radius 3 is 2.26 bits per heavy atom. The summed E-state index contributed by atoms with van der Waals surface area (Å²) in [5.41, 5.74) is -0.0895. The number of imide groups is 1. The minimum absolute atomic E-state index is 0.0328. The van der Waals surface area contributed by atoms with E-state index >= 15 is 4.79 Å². The van der Waals surface area contributed by atoms with Crippen LogP contribution in [0.2, 0.25) is 5.02 Å². The zero-order valence-electron chi connectivity index (χ0n) is 28.1. The molecule has 2 fully saturated rings. The van der Waals surface area contributed by atoms with E-state index in [0.29, 0.717) is 28.3 Å². The van der Waals surface area contributed by atoms with E-state index in [1.807, 2.05) is 24.3 Å². The predicted octanol–water partition coefficient (Wildman–Crippen LogP) is 7.34. The van der Waals surface area contributed by atoms with Gasteiger partial charge in [0.05, 0.1) is 22.3 Å². The van der Waals surface area contributed by atoms with Crippen LogP contribution < -0.4 is 5.01 Å². The second-order valence-electron chi connectivity index (χ2n) is 13.9. The van der Waals surface area contributed by atoms with Crippen molar-refractivity contribution >= 4 is 46.4 Å². The SMILES string of the molecule is CN(c1nc(C(F)(F)F)ccc1Cl)N1C(=O)C2CC=C3C(CC4C(=O)C(c5ccccc5)=CC(=O)C4(c4ccccc4)C3c3cccc(O)c3)C2C1=O. The van der Waals surface area contributed by atoms with Gasteiger partial charge in [0.25, 0.3) is 11.8 Å². The summed E-state index contributed by atoms with van der Waals surface area (Å²) in [4.78, 5) is 62.4. The number of carbonyl (C=O) groups excluding carboxylic acids is 4. The van der Waals surface area contributed by atoms with Crippen molar-refractivity contribution < 1.29 is 37.5 Å². The van der Waals surface area contributed by atoms with Crippen molar-refractivity contribution in [3.8, 4) is 5.75 Å². The van der Waals surface area contributed by atoms with E-state index in [-0.39, 0.29) is 40.8 Å². The van der Waals surface area contributed by atoms with Crippen molar-refractivity contribution in [1.29, 1.82) is 0 Å². The minimum Gasteiger partial charge on any atom is -0.508 e. The maximum atomic E-state index is 15.0. The number of aromatic hydroxyl groups is 1. The standard InChI is InChI=1S/C41H31ClF3N3O5/c1-47(37-31(42)17-18-32(46-37)41(43,44)45)48-38(52)27-16-15-26-29(34(27)39(48)53)20-30-36(51)28(22-9-4-2-5-10-22)21-33(50)40(30,24-12-6-3-7-13-24)35(26)23-11-8-14-25(49)19-23/h2-15,17-19,21,27,29-30,34-35,49H,16,20H2,1H3. The number of pyridine rings is 1. The summed E-state index contributed by atoms with van der Waals surface area (Å²) in [6.07, 6.45) is -1.41. The van der Waals surface area contributed by atoms with Crippen molar-refractivity contribution in [2.45, 2.75) is 30.4 Å². The van der Waals surface area contributed by atoms with Gasteiger partial charge in [-0.15, -0.1) is 0 Å². The lowest BCUT2D eigenvalue weighted by atomic mass is 9.44. The van der Waals surface area contributed by atoms with E-state index in [1.165, 1.54) is 19.2 Å². The molecule has 1 saturated heterocycles. The van der Waals surface area contributed by atoms with Gasteiger partial charge in [-0.3, -0.25) is 24.2 Å². The van der Waals surface area contributed by atoms with E-state index in [9.17, 15) is 32.7 Å². The largest absolute Gasteiger partial charge is 0.508 e. The highest BCUT2D eigenvalue weighted by Gasteiger charge is 2.66. The average Bonchev–Trinajstić information content (AvgIpc) is 3.41. The lowest BCUT2D eigenvalue weighted by Gasteiger charge is -2.55. The minimum atomic E-state index is -4.81. The highest BCUT2D eigenvalue weighted by molar-refractivity contribution is 6.33. The molecular weight excluding hydrogens is 707 g/mol. The number of alkyl halides is 3. The maximum absolute atomic E-state index is 15.0. The first-order valence-electron chi connectivity index (χ1n) is 17.1. The molecule has 6 atom stereocenters. The van der Waals surface area contributed by atoms with Gasteiger partial charge in [0.1, 0.15) is 11.4 Å². The number of hydrogen-bond acceptors (Lipinski definition) is 7. The zero-order chi connectivity index (χ0) is 37.4. The van der Waals surface area contributed by atoms with Gasteiger partial charge in [0.15, 0.2) is 17.4 Å². The molecule has 0 radical (unpaired) electrons. The first-order chi connectivity index (χ1) is 25.3. The third-order valence-corrected chi connectivity index (χ3v) is 11.6. The second-order valence-corrected chi connectivity index (χ2v) is 14.3. The summed E-state index contributed by atoms with van der Waals surface area (Å²) in [6, 6.07) is 26.1. The summed E-state index contributed by atoms with van der Waals surface area (Å²) in [5.74, 6) is -6.88. The summed E-state index contributed by atoms with van der Waals surface area (Å²) in [5, 5.41) is 12.3. The summed E-state index contributed by atoms with van der Waals surface area (Å²) < 4.78 is 41.0. The molecule has 3 aliphatic carbocycles. The van der Waals surface area contributed by atoms with Crippen molar-refractivity contribution in [2.24, 2.45) is 23.7 Å². The number of allylic oxidation sites excluding steroid dienone is 4. The number of benzene rings is 3. The van der Waals surface area contributed by atoms with Gasteiger partial charge in [-0.05, 0) is 65.8 Å². The molecule has 3 aromatic carbocycles. The van der Waals surface area contributed by atoms with Gasteiger partial charge in [0.2, 0.25) is 0 Å². The topological polar surface area (TPSA) is 108 Å². The molecule has 12 heteroatoms. The molecule has 1 N–H and O–H groups in total. The number of ketones is 2. The fourth-order valence-electron chi connectivity index (χ4n) is 9.14. The fourth-order valence-corrected chi connectivity index (χ4v) is 9.37. The molecule has 53 heavy (non-hydrogen) atoms. The van der Waals surface area contributed by atoms with E-state index < -0.39 is 64.5 Å².